The van der Waals surface area contributed by atoms with E-state index in [2.05, 4.69) is 25.1 Å². The van der Waals surface area contributed by atoms with Crippen molar-refractivity contribution in [2.24, 2.45) is 5.73 Å². The van der Waals surface area contributed by atoms with E-state index < -0.39 is 0 Å². The first-order valence-electron chi connectivity index (χ1n) is 6.83. The molecule has 1 unspecified atom stereocenters. The van der Waals surface area contributed by atoms with Gasteiger partial charge in [0.25, 0.3) is 0 Å². The van der Waals surface area contributed by atoms with Crippen molar-refractivity contribution in [3.8, 4) is 0 Å². The van der Waals surface area contributed by atoms with E-state index in [0.717, 1.165) is 32.2 Å². The average molecular weight is 246 g/mol. The Morgan fingerprint density at radius 1 is 1.39 bits per heavy atom. The Morgan fingerprint density at radius 2 is 2.11 bits per heavy atom. The summed E-state index contributed by atoms with van der Waals surface area (Å²) < 4.78 is 0. The van der Waals surface area contributed by atoms with Crippen LogP contribution in [0.4, 0.5) is 0 Å². The number of nitrogens with two attached hydrogens (primary N) is 1. The normalized spacial score (nSPS) is 16.9. The lowest BCUT2D eigenvalue weighted by Gasteiger charge is -2.24. The lowest BCUT2D eigenvalue weighted by molar-refractivity contribution is -0.133. The molecule has 0 radical (unpaired) electrons. The molecule has 18 heavy (non-hydrogen) atoms. The molecular formula is C15H22N2O. The first-order chi connectivity index (χ1) is 8.72. The van der Waals surface area contributed by atoms with Crippen LogP contribution in [0.3, 0.4) is 0 Å². The molecule has 2 N–H and O–H groups in total. The van der Waals surface area contributed by atoms with Gasteiger partial charge in [-0.05, 0) is 30.4 Å². The molecule has 0 saturated carbocycles. The van der Waals surface area contributed by atoms with Gasteiger partial charge in [0.2, 0.25) is 5.91 Å². The van der Waals surface area contributed by atoms with Gasteiger partial charge >= 0.3 is 0 Å². The van der Waals surface area contributed by atoms with Crippen LogP contribution < -0.4 is 5.73 Å². The third-order valence-corrected chi connectivity index (χ3v) is 3.58. The van der Waals surface area contributed by atoms with Gasteiger partial charge in [0, 0.05) is 13.1 Å². The molecule has 0 saturated heterocycles. The second-order valence-corrected chi connectivity index (χ2v) is 5.03. The monoisotopic (exact) mass is 246 g/mol. The summed E-state index contributed by atoms with van der Waals surface area (Å²) in [6, 6.07) is 8.06. The number of nitrogens with zero attached hydrogens (tertiary/aromatic N) is 1. The van der Waals surface area contributed by atoms with Crippen molar-refractivity contribution in [1.29, 1.82) is 0 Å². The Labute approximate surface area is 109 Å². The van der Waals surface area contributed by atoms with Crippen LogP contribution in [0.25, 0.3) is 0 Å². The van der Waals surface area contributed by atoms with Crippen LogP contribution in [0, 0.1) is 0 Å². The molecule has 0 fully saturated rings. The Kier molecular flexibility index (Phi) is 4.37. The standard InChI is InChI=1S/C15H22N2O/c1-2-6-14(16)15(18)17-10-5-9-12-7-3-4-8-13(12)11-17/h3-4,7-8,14H,2,5-6,9-11,16H2,1H3. The molecule has 0 aromatic heterocycles. The van der Waals surface area contributed by atoms with Crippen LogP contribution >= 0.6 is 0 Å². The topological polar surface area (TPSA) is 46.3 Å². The van der Waals surface area contributed by atoms with Gasteiger partial charge in [-0.3, -0.25) is 4.79 Å². The number of fused-ring (bicyclic) bond motifs is 1. The maximum absolute atomic E-state index is 12.3. The SMILES string of the molecule is CCCC(N)C(=O)N1CCCc2ccccc2C1. The quantitative estimate of drug-likeness (QED) is 0.887. The largest absolute Gasteiger partial charge is 0.337 e. The Bertz CT molecular complexity index is 417. The van der Waals surface area contributed by atoms with Crippen molar-refractivity contribution in [2.75, 3.05) is 6.54 Å². The molecule has 0 spiro atoms. The van der Waals surface area contributed by atoms with Gasteiger partial charge in [-0.2, -0.15) is 0 Å². The highest BCUT2D eigenvalue weighted by Gasteiger charge is 2.22. The van der Waals surface area contributed by atoms with Crippen LogP contribution in [-0.4, -0.2) is 23.4 Å². The zero-order valence-corrected chi connectivity index (χ0v) is 11.1. The minimum absolute atomic E-state index is 0.105. The fourth-order valence-electron chi connectivity index (χ4n) is 2.56. The maximum atomic E-state index is 12.3. The van der Waals surface area contributed by atoms with Crippen molar-refractivity contribution >= 4 is 5.91 Å². The molecule has 3 heteroatoms. The molecule has 1 amide bonds. The molecule has 0 bridgehead atoms. The molecule has 1 heterocycles. The lowest BCUT2D eigenvalue weighted by Crippen LogP contribution is -2.43. The summed E-state index contributed by atoms with van der Waals surface area (Å²) in [5.74, 6) is 0.105. The van der Waals surface area contributed by atoms with Crippen LogP contribution in [0.1, 0.15) is 37.3 Å². The highest BCUT2D eigenvalue weighted by Crippen LogP contribution is 2.19. The van der Waals surface area contributed by atoms with Gasteiger partial charge in [0.15, 0.2) is 0 Å². The van der Waals surface area contributed by atoms with Crippen LogP contribution in [0.2, 0.25) is 0 Å². The smallest absolute Gasteiger partial charge is 0.239 e. The molecule has 1 aliphatic heterocycles. The van der Waals surface area contributed by atoms with Crippen LogP contribution in [-0.2, 0) is 17.8 Å². The number of hydrogen-bond acceptors (Lipinski definition) is 2. The molecule has 0 aliphatic carbocycles. The number of carbonyl (C=O) groups excluding carboxylic acids is 1. The van der Waals surface area contributed by atoms with Gasteiger partial charge in [-0.25, -0.2) is 0 Å². The predicted molar refractivity (Wildman–Crippen MR) is 73.1 cm³/mol. The minimum Gasteiger partial charge on any atom is -0.337 e. The van der Waals surface area contributed by atoms with E-state index in [1.54, 1.807) is 0 Å². The highest BCUT2D eigenvalue weighted by molar-refractivity contribution is 5.81. The summed E-state index contributed by atoms with van der Waals surface area (Å²) in [7, 11) is 0. The number of amides is 1. The fourth-order valence-corrected chi connectivity index (χ4v) is 2.56. The summed E-state index contributed by atoms with van der Waals surface area (Å²) in [4.78, 5) is 14.2. The first-order valence-corrected chi connectivity index (χ1v) is 6.83. The number of aryl methyl sites for hydroxylation is 1. The van der Waals surface area contributed by atoms with Crippen LogP contribution in [0.15, 0.2) is 24.3 Å². The lowest BCUT2D eigenvalue weighted by atomic mass is 10.0. The first kappa shape index (κ1) is 13.1. The van der Waals surface area contributed by atoms with Crippen molar-refractivity contribution in [2.45, 2.75) is 45.2 Å². The van der Waals surface area contributed by atoms with Gasteiger partial charge in [0.1, 0.15) is 0 Å². The van der Waals surface area contributed by atoms with E-state index in [1.807, 2.05) is 11.0 Å². The molecule has 1 atom stereocenters. The van der Waals surface area contributed by atoms with E-state index in [1.165, 1.54) is 11.1 Å². The number of hydrogen-bond donors (Lipinski definition) is 1. The summed E-state index contributed by atoms with van der Waals surface area (Å²) in [5.41, 5.74) is 8.58. The van der Waals surface area contributed by atoms with Crippen molar-refractivity contribution in [3.63, 3.8) is 0 Å². The zero-order valence-electron chi connectivity index (χ0n) is 11.1. The number of carbonyl (C=O) groups is 1. The van der Waals surface area contributed by atoms with E-state index in [-0.39, 0.29) is 11.9 Å². The van der Waals surface area contributed by atoms with E-state index in [0.29, 0.717) is 6.54 Å². The molecule has 1 aromatic rings. The van der Waals surface area contributed by atoms with Gasteiger partial charge in [-0.15, -0.1) is 0 Å². The predicted octanol–water partition coefficient (Wildman–Crippen LogP) is 2.09. The fraction of sp³-hybridized carbons (Fsp3) is 0.533. The Balaban J connectivity index is 2.10. The zero-order chi connectivity index (χ0) is 13.0. The summed E-state index contributed by atoms with van der Waals surface area (Å²) >= 11 is 0. The third kappa shape index (κ3) is 2.91. The summed E-state index contributed by atoms with van der Waals surface area (Å²) in [6.45, 7) is 3.60. The summed E-state index contributed by atoms with van der Waals surface area (Å²) in [5, 5.41) is 0. The molecule has 3 nitrogen and oxygen atoms in total. The molecular weight excluding hydrogens is 224 g/mol. The van der Waals surface area contributed by atoms with Gasteiger partial charge in [-0.1, -0.05) is 37.6 Å². The molecule has 2 rings (SSSR count). The molecule has 98 valence electrons. The van der Waals surface area contributed by atoms with Gasteiger partial charge in [0.05, 0.1) is 6.04 Å². The van der Waals surface area contributed by atoms with Crippen molar-refractivity contribution in [3.05, 3.63) is 35.4 Å². The van der Waals surface area contributed by atoms with E-state index >= 15 is 0 Å². The van der Waals surface area contributed by atoms with Gasteiger partial charge < -0.3 is 10.6 Å². The molecule has 1 aliphatic rings. The van der Waals surface area contributed by atoms with Crippen LogP contribution in [0.5, 0.6) is 0 Å². The van der Waals surface area contributed by atoms with Crippen molar-refractivity contribution < 1.29 is 4.79 Å². The van der Waals surface area contributed by atoms with E-state index in [4.69, 9.17) is 5.73 Å². The van der Waals surface area contributed by atoms with Crippen molar-refractivity contribution in [1.82, 2.24) is 4.90 Å². The van der Waals surface area contributed by atoms with E-state index in [9.17, 15) is 4.79 Å². The minimum atomic E-state index is -0.333. The Hall–Kier alpha value is -1.35. The second-order valence-electron chi connectivity index (χ2n) is 5.03. The number of benzene rings is 1. The highest BCUT2D eigenvalue weighted by atomic mass is 16.2. The average Bonchev–Trinajstić information content (AvgIpc) is 2.60. The maximum Gasteiger partial charge on any atom is 0.239 e. The molecule has 1 aromatic carbocycles. The summed E-state index contributed by atoms with van der Waals surface area (Å²) in [6.07, 6.45) is 3.82. The number of rotatable bonds is 3. The Morgan fingerprint density at radius 3 is 2.83 bits per heavy atom. The third-order valence-electron chi connectivity index (χ3n) is 3.58. The second kappa shape index (κ2) is 6.01.